The second-order valence-corrected chi connectivity index (χ2v) is 3.94. The molecule has 1 aromatic heterocycles. The Hall–Kier alpha value is -1.32. The molecule has 2 rings (SSSR count). The Morgan fingerprint density at radius 1 is 1.19 bits per heavy atom. The first-order valence-corrected chi connectivity index (χ1v) is 5.78. The molecule has 0 saturated heterocycles. The number of aromatic nitrogens is 1. The number of H-pyrrole nitrogens is 1. The van der Waals surface area contributed by atoms with Crippen LogP contribution in [0.25, 0.3) is 10.9 Å². The van der Waals surface area contributed by atoms with Crippen molar-refractivity contribution in [3.05, 3.63) is 36.0 Å². The normalized spacial score (nSPS) is 11.1. The van der Waals surface area contributed by atoms with Crippen molar-refractivity contribution in [2.24, 2.45) is 0 Å². The van der Waals surface area contributed by atoms with Crippen molar-refractivity contribution in [2.45, 2.75) is 12.8 Å². The van der Waals surface area contributed by atoms with Crippen LogP contribution in [0.2, 0.25) is 0 Å². The van der Waals surface area contributed by atoms with E-state index in [-0.39, 0.29) is 6.61 Å². The topological polar surface area (TPSA) is 48.0 Å². The third-order valence-corrected chi connectivity index (χ3v) is 2.76. The largest absolute Gasteiger partial charge is 0.396 e. The van der Waals surface area contributed by atoms with E-state index in [0.717, 1.165) is 25.9 Å². The predicted molar refractivity (Wildman–Crippen MR) is 66.6 cm³/mol. The first-order valence-electron chi connectivity index (χ1n) is 5.78. The SMILES string of the molecule is OCCCNCCc1cccc2cc[nH]c12. The van der Waals surface area contributed by atoms with Gasteiger partial charge in [-0.1, -0.05) is 18.2 Å². The number of aliphatic hydroxyl groups is 1. The molecule has 0 saturated carbocycles. The van der Waals surface area contributed by atoms with Gasteiger partial charge >= 0.3 is 0 Å². The van der Waals surface area contributed by atoms with Crippen molar-refractivity contribution in [3.63, 3.8) is 0 Å². The molecule has 0 spiro atoms. The summed E-state index contributed by atoms with van der Waals surface area (Å²) < 4.78 is 0. The summed E-state index contributed by atoms with van der Waals surface area (Å²) in [5, 5.41) is 13.2. The zero-order valence-corrected chi connectivity index (χ0v) is 9.37. The van der Waals surface area contributed by atoms with E-state index in [1.165, 1.54) is 16.5 Å². The summed E-state index contributed by atoms with van der Waals surface area (Å²) in [6, 6.07) is 8.47. The monoisotopic (exact) mass is 218 g/mol. The van der Waals surface area contributed by atoms with E-state index in [2.05, 4.69) is 34.6 Å². The van der Waals surface area contributed by atoms with Crippen molar-refractivity contribution < 1.29 is 5.11 Å². The fraction of sp³-hybridized carbons (Fsp3) is 0.385. The maximum Gasteiger partial charge on any atom is 0.0486 e. The molecule has 0 unspecified atom stereocenters. The highest BCUT2D eigenvalue weighted by Crippen LogP contribution is 2.16. The number of hydrogen-bond acceptors (Lipinski definition) is 2. The van der Waals surface area contributed by atoms with Gasteiger partial charge in [-0.25, -0.2) is 0 Å². The molecule has 0 radical (unpaired) electrons. The molecule has 3 heteroatoms. The summed E-state index contributed by atoms with van der Waals surface area (Å²) in [4.78, 5) is 3.27. The smallest absolute Gasteiger partial charge is 0.0486 e. The van der Waals surface area contributed by atoms with E-state index >= 15 is 0 Å². The molecule has 0 aliphatic rings. The number of benzene rings is 1. The molecule has 1 aromatic carbocycles. The van der Waals surface area contributed by atoms with Crippen LogP contribution in [0.15, 0.2) is 30.5 Å². The van der Waals surface area contributed by atoms with Gasteiger partial charge in [-0.3, -0.25) is 0 Å². The summed E-state index contributed by atoms with van der Waals surface area (Å²) in [6.45, 7) is 2.11. The number of rotatable bonds is 6. The van der Waals surface area contributed by atoms with Gasteiger partial charge in [0, 0.05) is 18.3 Å². The van der Waals surface area contributed by atoms with Crippen molar-refractivity contribution in [3.8, 4) is 0 Å². The molecular weight excluding hydrogens is 200 g/mol. The van der Waals surface area contributed by atoms with Crippen LogP contribution in [0, 0.1) is 0 Å². The average Bonchev–Trinajstić information content (AvgIpc) is 2.77. The summed E-state index contributed by atoms with van der Waals surface area (Å²) in [7, 11) is 0. The number of nitrogens with one attached hydrogen (secondary N) is 2. The number of fused-ring (bicyclic) bond motifs is 1. The van der Waals surface area contributed by atoms with Crippen molar-refractivity contribution in [1.82, 2.24) is 10.3 Å². The van der Waals surface area contributed by atoms with E-state index < -0.39 is 0 Å². The maximum absolute atomic E-state index is 8.65. The van der Waals surface area contributed by atoms with Gasteiger partial charge < -0.3 is 15.4 Å². The molecule has 3 nitrogen and oxygen atoms in total. The van der Waals surface area contributed by atoms with Crippen LogP contribution in [0.5, 0.6) is 0 Å². The van der Waals surface area contributed by atoms with E-state index in [9.17, 15) is 0 Å². The van der Waals surface area contributed by atoms with E-state index in [4.69, 9.17) is 5.11 Å². The number of para-hydroxylation sites is 1. The lowest BCUT2D eigenvalue weighted by Gasteiger charge is -2.05. The molecule has 0 aliphatic carbocycles. The fourth-order valence-electron chi connectivity index (χ4n) is 1.91. The van der Waals surface area contributed by atoms with Crippen LogP contribution < -0.4 is 5.32 Å². The van der Waals surface area contributed by atoms with Gasteiger partial charge in [0.2, 0.25) is 0 Å². The Balaban J connectivity index is 1.91. The highest BCUT2D eigenvalue weighted by Gasteiger charge is 2.00. The van der Waals surface area contributed by atoms with E-state index in [0.29, 0.717) is 0 Å². The van der Waals surface area contributed by atoms with Crippen LogP contribution in [0.4, 0.5) is 0 Å². The van der Waals surface area contributed by atoms with Gasteiger partial charge in [0.05, 0.1) is 0 Å². The van der Waals surface area contributed by atoms with Crippen LogP contribution in [0.1, 0.15) is 12.0 Å². The van der Waals surface area contributed by atoms with Crippen LogP contribution in [0.3, 0.4) is 0 Å². The molecular formula is C13H18N2O. The minimum atomic E-state index is 0.263. The lowest BCUT2D eigenvalue weighted by atomic mass is 10.1. The Morgan fingerprint density at radius 2 is 2.12 bits per heavy atom. The number of aromatic amines is 1. The van der Waals surface area contributed by atoms with E-state index in [1.807, 2.05) is 6.20 Å². The minimum Gasteiger partial charge on any atom is -0.396 e. The highest BCUT2D eigenvalue weighted by molar-refractivity contribution is 5.82. The molecule has 0 atom stereocenters. The zero-order valence-electron chi connectivity index (χ0n) is 9.37. The third-order valence-electron chi connectivity index (χ3n) is 2.76. The maximum atomic E-state index is 8.65. The molecule has 1 heterocycles. The van der Waals surface area contributed by atoms with Gasteiger partial charge in [0.25, 0.3) is 0 Å². The van der Waals surface area contributed by atoms with Gasteiger partial charge in [-0.2, -0.15) is 0 Å². The zero-order chi connectivity index (χ0) is 11.2. The highest BCUT2D eigenvalue weighted by atomic mass is 16.3. The second kappa shape index (κ2) is 5.68. The molecule has 0 bridgehead atoms. The van der Waals surface area contributed by atoms with Gasteiger partial charge in [0.1, 0.15) is 0 Å². The molecule has 16 heavy (non-hydrogen) atoms. The molecule has 86 valence electrons. The standard InChI is InChI=1S/C13H18N2O/c16-10-2-7-14-8-5-11-3-1-4-12-6-9-15-13(11)12/h1,3-4,6,9,14-16H,2,5,7-8,10H2. The van der Waals surface area contributed by atoms with Gasteiger partial charge in [-0.15, -0.1) is 0 Å². The lowest BCUT2D eigenvalue weighted by molar-refractivity contribution is 0.286. The van der Waals surface area contributed by atoms with Crippen molar-refractivity contribution in [2.75, 3.05) is 19.7 Å². The predicted octanol–water partition coefficient (Wildman–Crippen LogP) is 1.68. The summed E-state index contributed by atoms with van der Waals surface area (Å²) in [5.74, 6) is 0. The van der Waals surface area contributed by atoms with Crippen LogP contribution in [-0.2, 0) is 6.42 Å². The lowest BCUT2D eigenvalue weighted by Crippen LogP contribution is -2.19. The second-order valence-electron chi connectivity index (χ2n) is 3.94. The molecule has 2 aromatic rings. The summed E-state index contributed by atoms with van der Waals surface area (Å²) in [5.41, 5.74) is 2.59. The Kier molecular flexibility index (Phi) is 3.97. The average molecular weight is 218 g/mol. The number of aliphatic hydroxyl groups excluding tert-OH is 1. The van der Waals surface area contributed by atoms with Crippen LogP contribution >= 0.6 is 0 Å². The third kappa shape index (κ3) is 2.62. The number of hydrogen-bond donors (Lipinski definition) is 3. The Morgan fingerprint density at radius 3 is 3.00 bits per heavy atom. The molecule has 0 fully saturated rings. The first-order chi connectivity index (χ1) is 7.92. The van der Waals surface area contributed by atoms with Crippen molar-refractivity contribution in [1.29, 1.82) is 0 Å². The van der Waals surface area contributed by atoms with Gasteiger partial charge in [0.15, 0.2) is 0 Å². The Bertz CT molecular complexity index is 436. The summed E-state index contributed by atoms with van der Waals surface area (Å²) >= 11 is 0. The van der Waals surface area contributed by atoms with Crippen LogP contribution in [-0.4, -0.2) is 29.8 Å². The minimum absolute atomic E-state index is 0.263. The molecule has 0 aliphatic heterocycles. The van der Waals surface area contributed by atoms with Gasteiger partial charge in [-0.05, 0) is 42.9 Å². The summed E-state index contributed by atoms with van der Waals surface area (Å²) in [6.07, 6.45) is 3.82. The van der Waals surface area contributed by atoms with E-state index in [1.54, 1.807) is 0 Å². The fourth-order valence-corrected chi connectivity index (χ4v) is 1.91. The molecule has 0 amide bonds. The Labute approximate surface area is 95.5 Å². The molecule has 3 N–H and O–H groups in total. The first kappa shape index (κ1) is 11.2. The van der Waals surface area contributed by atoms with Crippen molar-refractivity contribution >= 4 is 10.9 Å². The quantitative estimate of drug-likeness (QED) is 0.646.